The number of carbonyl (C=O) groups is 2. The third-order valence-electron chi connectivity index (χ3n) is 4.96. The van der Waals surface area contributed by atoms with Crippen molar-refractivity contribution >= 4 is 23.2 Å². The molecule has 1 aliphatic heterocycles. The minimum absolute atomic E-state index is 0.00449. The van der Waals surface area contributed by atoms with Gasteiger partial charge in [-0.05, 0) is 43.6 Å². The maximum absolute atomic E-state index is 12.5. The van der Waals surface area contributed by atoms with Crippen LogP contribution in [0.3, 0.4) is 0 Å². The van der Waals surface area contributed by atoms with Gasteiger partial charge in [-0.15, -0.1) is 11.3 Å². The lowest BCUT2D eigenvalue weighted by molar-refractivity contribution is -0.140. The number of thiophene rings is 1. The fourth-order valence-corrected chi connectivity index (χ4v) is 4.74. The molecule has 2 aliphatic rings. The number of rotatable bonds is 4. The van der Waals surface area contributed by atoms with E-state index < -0.39 is 0 Å². The monoisotopic (exact) mass is 350 g/mol. The van der Waals surface area contributed by atoms with Crippen LogP contribution in [-0.2, 0) is 22.4 Å². The second-order valence-corrected chi connectivity index (χ2v) is 8.13. The summed E-state index contributed by atoms with van der Waals surface area (Å²) in [6.07, 6.45) is 4.35. The smallest absolute Gasteiger partial charge is 0.252 e. The number of fused-ring (bicyclic) bond motifs is 1. The molecule has 0 spiro atoms. The van der Waals surface area contributed by atoms with Crippen LogP contribution in [0, 0.1) is 5.92 Å². The molecule has 0 bridgehead atoms. The van der Waals surface area contributed by atoms with Crippen molar-refractivity contribution in [3.05, 3.63) is 21.4 Å². The topological polar surface area (TPSA) is 58.6 Å². The van der Waals surface area contributed by atoms with E-state index in [1.165, 1.54) is 10.4 Å². The Morgan fingerprint density at radius 3 is 2.88 bits per heavy atom. The van der Waals surface area contributed by atoms with Crippen molar-refractivity contribution in [2.45, 2.75) is 51.2 Å². The summed E-state index contributed by atoms with van der Waals surface area (Å²) >= 11 is 1.71. The Morgan fingerprint density at radius 2 is 2.12 bits per heavy atom. The minimum Gasteiger partial charge on any atom is -0.363 e. The zero-order chi connectivity index (χ0) is 17.3. The third kappa shape index (κ3) is 3.64. The van der Waals surface area contributed by atoms with E-state index in [1.54, 1.807) is 30.3 Å². The second kappa shape index (κ2) is 7.23. The predicted octanol–water partition coefficient (Wildman–Crippen LogP) is 2.24. The zero-order valence-electron chi connectivity index (χ0n) is 14.6. The molecule has 1 aromatic heterocycles. The normalized spacial score (nSPS) is 26.0. The van der Waals surface area contributed by atoms with E-state index in [9.17, 15) is 9.59 Å². The first-order valence-corrected chi connectivity index (χ1v) is 9.57. The number of hydrogen-bond acceptors (Lipinski definition) is 4. The highest BCUT2D eigenvalue weighted by Gasteiger charge is 2.32. The summed E-state index contributed by atoms with van der Waals surface area (Å²) in [4.78, 5) is 27.3. The Morgan fingerprint density at radius 1 is 1.33 bits per heavy atom. The molecular weight excluding hydrogens is 324 g/mol. The Labute approximate surface area is 147 Å². The highest BCUT2D eigenvalue weighted by molar-refractivity contribution is 7.10. The van der Waals surface area contributed by atoms with Crippen LogP contribution >= 0.6 is 11.3 Å². The fraction of sp³-hybridized carbons (Fsp3) is 0.667. The van der Waals surface area contributed by atoms with Crippen LogP contribution in [0.15, 0.2) is 5.38 Å². The molecule has 1 aliphatic carbocycles. The molecule has 3 rings (SSSR count). The molecule has 0 saturated carbocycles. The van der Waals surface area contributed by atoms with Crippen molar-refractivity contribution in [3.8, 4) is 0 Å². The third-order valence-corrected chi connectivity index (χ3v) is 6.01. The number of carbonyl (C=O) groups excluding carboxylic acids is 2. The first-order valence-electron chi connectivity index (χ1n) is 8.69. The zero-order valence-corrected chi connectivity index (χ0v) is 15.4. The Hall–Kier alpha value is -1.40. The highest BCUT2D eigenvalue weighted by Crippen LogP contribution is 2.32. The molecule has 3 atom stereocenters. The van der Waals surface area contributed by atoms with E-state index in [1.807, 2.05) is 5.38 Å². The number of amides is 2. The van der Waals surface area contributed by atoms with Gasteiger partial charge in [0.2, 0.25) is 0 Å². The molecule has 24 heavy (non-hydrogen) atoms. The summed E-state index contributed by atoms with van der Waals surface area (Å²) in [7, 11) is 3.47. The van der Waals surface area contributed by atoms with E-state index in [-0.39, 0.29) is 24.0 Å². The molecule has 1 N–H and O–H groups in total. The van der Waals surface area contributed by atoms with Crippen LogP contribution < -0.4 is 5.32 Å². The molecule has 2 amide bonds. The van der Waals surface area contributed by atoms with Gasteiger partial charge in [-0.25, -0.2) is 0 Å². The number of likely N-dealkylation sites (N-methyl/N-ethyl adjacent to an activating group) is 1. The van der Waals surface area contributed by atoms with Gasteiger partial charge in [-0.1, -0.05) is 6.92 Å². The lowest BCUT2D eigenvalue weighted by atomic mass is 9.88. The van der Waals surface area contributed by atoms with Crippen LogP contribution in [0.2, 0.25) is 0 Å². The van der Waals surface area contributed by atoms with Gasteiger partial charge in [-0.3, -0.25) is 9.59 Å². The molecule has 0 unspecified atom stereocenters. The van der Waals surface area contributed by atoms with Gasteiger partial charge in [-0.2, -0.15) is 0 Å². The van der Waals surface area contributed by atoms with Crippen LogP contribution in [0.1, 0.15) is 47.0 Å². The molecule has 0 aromatic carbocycles. The summed E-state index contributed by atoms with van der Waals surface area (Å²) in [5, 5.41) is 4.99. The lowest BCUT2D eigenvalue weighted by Crippen LogP contribution is -2.36. The van der Waals surface area contributed by atoms with Crippen molar-refractivity contribution < 1.29 is 14.3 Å². The van der Waals surface area contributed by atoms with Crippen LogP contribution in [-0.4, -0.2) is 49.6 Å². The SMILES string of the molecule is C[C@@H]1CCc2c(C(=O)NC[C@@H]3CC[C@H](C(=O)N(C)C)O3)csc2C1. The van der Waals surface area contributed by atoms with Crippen LogP contribution in [0.4, 0.5) is 0 Å². The van der Waals surface area contributed by atoms with Crippen molar-refractivity contribution in [3.63, 3.8) is 0 Å². The van der Waals surface area contributed by atoms with Gasteiger partial charge < -0.3 is 15.0 Å². The lowest BCUT2D eigenvalue weighted by Gasteiger charge is -2.19. The summed E-state index contributed by atoms with van der Waals surface area (Å²) < 4.78 is 5.78. The molecule has 5 nitrogen and oxygen atoms in total. The maximum Gasteiger partial charge on any atom is 0.252 e. The summed E-state index contributed by atoms with van der Waals surface area (Å²) in [6.45, 7) is 2.74. The van der Waals surface area contributed by atoms with Gasteiger partial charge in [0.15, 0.2) is 0 Å². The van der Waals surface area contributed by atoms with Crippen molar-refractivity contribution in [2.75, 3.05) is 20.6 Å². The van der Waals surface area contributed by atoms with Gasteiger partial charge in [0.25, 0.3) is 11.8 Å². The summed E-state index contributed by atoms with van der Waals surface area (Å²) in [6, 6.07) is 0. The average Bonchev–Trinajstić information content (AvgIpc) is 3.18. The van der Waals surface area contributed by atoms with Gasteiger partial charge in [0.1, 0.15) is 6.10 Å². The Balaban J connectivity index is 1.53. The molecule has 2 heterocycles. The van der Waals surface area contributed by atoms with Crippen molar-refractivity contribution in [1.29, 1.82) is 0 Å². The van der Waals surface area contributed by atoms with Gasteiger partial charge >= 0.3 is 0 Å². The molecular formula is C18H26N2O3S. The van der Waals surface area contributed by atoms with E-state index >= 15 is 0 Å². The van der Waals surface area contributed by atoms with Crippen molar-refractivity contribution in [1.82, 2.24) is 10.2 Å². The first kappa shape index (κ1) is 17.4. The second-order valence-electron chi connectivity index (χ2n) is 7.17. The van der Waals surface area contributed by atoms with E-state index in [0.29, 0.717) is 12.5 Å². The predicted molar refractivity (Wildman–Crippen MR) is 94.4 cm³/mol. The summed E-state index contributed by atoms with van der Waals surface area (Å²) in [5.41, 5.74) is 2.07. The quantitative estimate of drug-likeness (QED) is 0.906. The highest BCUT2D eigenvalue weighted by atomic mass is 32.1. The van der Waals surface area contributed by atoms with Gasteiger partial charge in [0, 0.05) is 30.9 Å². The molecule has 1 aromatic rings. The summed E-state index contributed by atoms with van der Waals surface area (Å²) in [5.74, 6) is 0.711. The molecule has 132 valence electrons. The van der Waals surface area contributed by atoms with E-state index in [4.69, 9.17) is 4.74 Å². The number of nitrogens with one attached hydrogen (secondary N) is 1. The van der Waals surface area contributed by atoms with Crippen LogP contribution in [0.5, 0.6) is 0 Å². The maximum atomic E-state index is 12.5. The average molecular weight is 350 g/mol. The van der Waals surface area contributed by atoms with Gasteiger partial charge in [0.05, 0.1) is 11.7 Å². The largest absolute Gasteiger partial charge is 0.363 e. The van der Waals surface area contributed by atoms with Crippen LogP contribution in [0.25, 0.3) is 0 Å². The van der Waals surface area contributed by atoms with E-state index in [0.717, 1.165) is 37.7 Å². The Bertz CT molecular complexity index is 626. The molecule has 1 fully saturated rings. The van der Waals surface area contributed by atoms with E-state index in [2.05, 4.69) is 12.2 Å². The standard InChI is InChI=1S/C18H26N2O3S/c1-11-4-6-13-14(10-24-16(13)8-11)17(21)19-9-12-5-7-15(23-12)18(22)20(2)3/h10-12,15H,4-9H2,1-3H3,(H,19,21)/t11-,12+,15-/m1/s1. The molecule has 0 radical (unpaired) electrons. The first-order chi connectivity index (χ1) is 11.5. The number of ether oxygens (including phenoxy) is 1. The molecule has 1 saturated heterocycles. The Kier molecular flexibility index (Phi) is 5.25. The van der Waals surface area contributed by atoms with Crippen molar-refractivity contribution in [2.24, 2.45) is 5.92 Å². The molecule has 6 heteroatoms. The number of hydrogen-bond donors (Lipinski definition) is 1. The number of nitrogens with zero attached hydrogens (tertiary/aromatic N) is 1. The minimum atomic E-state index is -0.364. The fourth-order valence-electron chi connectivity index (χ4n) is 3.50.